The smallest absolute Gasteiger partial charge is 0.227 e. The molecule has 0 heterocycles. The van der Waals surface area contributed by atoms with E-state index in [1.54, 1.807) is 0 Å². The van der Waals surface area contributed by atoms with Crippen LogP contribution in [0.1, 0.15) is 12.8 Å². The van der Waals surface area contributed by atoms with E-state index in [2.05, 4.69) is 0 Å². The molecule has 5 nitrogen and oxygen atoms in total. The van der Waals surface area contributed by atoms with Gasteiger partial charge in [0, 0.05) is 6.26 Å². The summed E-state index contributed by atoms with van der Waals surface area (Å²) < 4.78 is 41.7. The molecule has 0 radical (unpaired) electrons. The molecule has 0 aromatic rings. The molecule has 1 aliphatic carbocycles. The minimum atomic E-state index is -3.94. The van der Waals surface area contributed by atoms with Crippen LogP contribution < -0.4 is 5.14 Å². The van der Waals surface area contributed by atoms with Crippen molar-refractivity contribution in [2.75, 3.05) is 6.26 Å². The molecule has 2 N–H and O–H groups in total. The maximum absolute atomic E-state index is 10.9. The lowest BCUT2D eigenvalue weighted by atomic mass is 10.9. The number of sulfonamides is 1. The lowest BCUT2D eigenvalue weighted by Gasteiger charge is -2.08. The summed E-state index contributed by atoms with van der Waals surface area (Å²) >= 11 is 0. The second kappa shape index (κ2) is 1.96. The molecule has 0 amide bonds. The Labute approximate surface area is 65.6 Å². The van der Waals surface area contributed by atoms with E-state index in [1.807, 2.05) is 0 Å². The number of rotatable bonds is 2. The van der Waals surface area contributed by atoms with Crippen molar-refractivity contribution < 1.29 is 16.8 Å². The molecule has 0 aromatic carbocycles. The third-order valence-corrected chi connectivity index (χ3v) is 6.66. The zero-order valence-electron chi connectivity index (χ0n) is 5.94. The average molecular weight is 199 g/mol. The van der Waals surface area contributed by atoms with Crippen LogP contribution in [0.25, 0.3) is 0 Å². The van der Waals surface area contributed by atoms with Crippen molar-refractivity contribution >= 4 is 19.9 Å². The topological polar surface area (TPSA) is 94.3 Å². The Morgan fingerprint density at radius 3 is 1.55 bits per heavy atom. The van der Waals surface area contributed by atoms with Crippen molar-refractivity contribution in [3.05, 3.63) is 0 Å². The fourth-order valence-corrected chi connectivity index (χ4v) is 4.17. The SMILES string of the molecule is CS(=O)(=O)C1(S(N)(=O)=O)CC1. The van der Waals surface area contributed by atoms with Crippen molar-refractivity contribution in [2.45, 2.75) is 16.9 Å². The molecule has 0 unspecified atom stereocenters. The number of nitrogens with two attached hydrogens (primary N) is 1. The highest BCUT2D eigenvalue weighted by atomic mass is 32.3. The van der Waals surface area contributed by atoms with Crippen molar-refractivity contribution in [3.63, 3.8) is 0 Å². The Morgan fingerprint density at radius 1 is 1.18 bits per heavy atom. The quantitative estimate of drug-likeness (QED) is 0.605. The van der Waals surface area contributed by atoms with Crippen LogP contribution in [0.2, 0.25) is 0 Å². The molecule has 1 aliphatic rings. The van der Waals surface area contributed by atoms with E-state index in [0.717, 1.165) is 6.26 Å². The molecule has 1 rings (SSSR count). The predicted octanol–water partition coefficient (Wildman–Crippen LogP) is -1.19. The predicted molar refractivity (Wildman–Crippen MR) is 39.9 cm³/mol. The van der Waals surface area contributed by atoms with Crippen LogP contribution in [-0.4, -0.2) is 27.2 Å². The van der Waals surface area contributed by atoms with E-state index < -0.39 is 23.9 Å². The fraction of sp³-hybridized carbons (Fsp3) is 1.00. The molecule has 0 atom stereocenters. The lowest BCUT2D eigenvalue weighted by molar-refractivity contribution is 0.577. The van der Waals surface area contributed by atoms with Crippen LogP contribution in [0.4, 0.5) is 0 Å². The summed E-state index contributed by atoms with van der Waals surface area (Å²) in [5.74, 6) is 0. The highest BCUT2D eigenvalue weighted by Gasteiger charge is 2.61. The van der Waals surface area contributed by atoms with E-state index in [4.69, 9.17) is 5.14 Å². The van der Waals surface area contributed by atoms with Crippen molar-refractivity contribution in [1.82, 2.24) is 0 Å². The summed E-state index contributed by atoms with van der Waals surface area (Å²) in [7, 11) is -7.50. The fourth-order valence-electron chi connectivity index (χ4n) is 0.968. The zero-order chi connectivity index (χ0) is 8.91. The van der Waals surface area contributed by atoms with Gasteiger partial charge >= 0.3 is 0 Å². The van der Waals surface area contributed by atoms with E-state index >= 15 is 0 Å². The van der Waals surface area contributed by atoms with E-state index in [-0.39, 0.29) is 12.8 Å². The van der Waals surface area contributed by atoms with Gasteiger partial charge < -0.3 is 0 Å². The van der Waals surface area contributed by atoms with Crippen LogP contribution in [0.3, 0.4) is 0 Å². The molecule has 0 aromatic heterocycles. The third kappa shape index (κ3) is 1.17. The normalized spacial score (nSPS) is 23.1. The molecule has 0 saturated heterocycles. The number of hydrogen-bond acceptors (Lipinski definition) is 4. The molecule has 1 fully saturated rings. The summed E-state index contributed by atoms with van der Waals surface area (Å²) in [6.45, 7) is 0. The molecule has 0 aliphatic heterocycles. The summed E-state index contributed by atoms with van der Waals surface area (Å²) in [6, 6.07) is 0. The second-order valence-corrected chi connectivity index (χ2v) is 7.18. The molecule has 0 spiro atoms. The highest BCUT2D eigenvalue weighted by Crippen LogP contribution is 2.46. The molecular weight excluding hydrogens is 190 g/mol. The van der Waals surface area contributed by atoms with Gasteiger partial charge in [0.25, 0.3) is 0 Å². The summed E-state index contributed by atoms with van der Waals surface area (Å²) in [5.41, 5.74) is 0. The Hall–Kier alpha value is -0.140. The first-order valence-electron chi connectivity index (χ1n) is 2.93. The standard InChI is InChI=1S/C4H9NO4S2/c1-10(6,7)4(2-3-4)11(5,8)9/h2-3H2,1H3,(H2,5,8,9). The monoisotopic (exact) mass is 199 g/mol. The highest BCUT2D eigenvalue weighted by molar-refractivity contribution is 8.09. The van der Waals surface area contributed by atoms with Gasteiger partial charge in [-0.1, -0.05) is 0 Å². The molecular formula is C4H9NO4S2. The number of hydrogen-bond donors (Lipinski definition) is 1. The van der Waals surface area contributed by atoms with Crippen LogP contribution in [0.5, 0.6) is 0 Å². The maximum atomic E-state index is 10.9. The Bertz CT molecular complexity index is 327. The maximum Gasteiger partial charge on any atom is 0.229 e. The van der Waals surface area contributed by atoms with Gasteiger partial charge in [0.1, 0.15) is 0 Å². The van der Waals surface area contributed by atoms with Crippen LogP contribution in [0, 0.1) is 0 Å². The van der Waals surface area contributed by atoms with Crippen molar-refractivity contribution in [2.24, 2.45) is 5.14 Å². The van der Waals surface area contributed by atoms with Crippen LogP contribution in [0.15, 0.2) is 0 Å². The number of primary sulfonamides is 1. The van der Waals surface area contributed by atoms with Crippen LogP contribution in [-0.2, 0) is 19.9 Å². The zero-order valence-corrected chi connectivity index (χ0v) is 7.57. The average Bonchev–Trinajstić information content (AvgIpc) is 2.31. The van der Waals surface area contributed by atoms with Gasteiger partial charge in [-0.3, -0.25) is 0 Å². The van der Waals surface area contributed by atoms with E-state index in [9.17, 15) is 16.8 Å². The first-order valence-corrected chi connectivity index (χ1v) is 6.36. The summed E-state index contributed by atoms with van der Waals surface area (Å²) in [5, 5.41) is 4.75. The van der Waals surface area contributed by atoms with Gasteiger partial charge in [0.05, 0.1) is 0 Å². The van der Waals surface area contributed by atoms with Gasteiger partial charge in [0.15, 0.2) is 13.9 Å². The van der Waals surface area contributed by atoms with Crippen molar-refractivity contribution in [1.29, 1.82) is 0 Å². The minimum Gasteiger partial charge on any atom is -0.227 e. The molecule has 66 valence electrons. The van der Waals surface area contributed by atoms with Gasteiger partial charge in [0.2, 0.25) is 10.0 Å². The number of sulfone groups is 1. The van der Waals surface area contributed by atoms with Crippen LogP contribution >= 0.6 is 0 Å². The van der Waals surface area contributed by atoms with E-state index in [1.165, 1.54) is 0 Å². The van der Waals surface area contributed by atoms with E-state index in [0.29, 0.717) is 0 Å². The van der Waals surface area contributed by atoms with Gasteiger partial charge in [-0.05, 0) is 12.8 Å². The Kier molecular flexibility index (Phi) is 1.60. The molecule has 11 heavy (non-hydrogen) atoms. The molecule has 1 saturated carbocycles. The minimum absolute atomic E-state index is 0.130. The van der Waals surface area contributed by atoms with Gasteiger partial charge in [-0.2, -0.15) is 0 Å². The summed E-state index contributed by atoms with van der Waals surface area (Å²) in [6.07, 6.45) is 1.15. The molecule has 7 heteroatoms. The Morgan fingerprint density at radius 2 is 1.55 bits per heavy atom. The third-order valence-electron chi connectivity index (χ3n) is 1.85. The van der Waals surface area contributed by atoms with Gasteiger partial charge in [-0.25, -0.2) is 22.0 Å². The molecule has 0 bridgehead atoms. The second-order valence-electron chi connectivity index (χ2n) is 2.73. The largest absolute Gasteiger partial charge is 0.229 e. The van der Waals surface area contributed by atoms with Gasteiger partial charge in [-0.15, -0.1) is 0 Å². The first-order chi connectivity index (χ1) is 4.71. The summed E-state index contributed by atoms with van der Waals surface area (Å²) in [4.78, 5) is 0. The lowest BCUT2D eigenvalue weighted by Crippen LogP contribution is -2.37. The van der Waals surface area contributed by atoms with Crippen molar-refractivity contribution in [3.8, 4) is 0 Å². The Balaban J connectivity index is 3.26. The first kappa shape index (κ1) is 8.95.